The maximum absolute atomic E-state index is 14.5. The van der Waals surface area contributed by atoms with Crippen LogP contribution < -0.4 is 5.32 Å². The summed E-state index contributed by atoms with van der Waals surface area (Å²) in [5.74, 6) is 0.692. The van der Waals surface area contributed by atoms with E-state index in [1.54, 1.807) is 24.6 Å². The highest BCUT2D eigenvalue weighted by molar-refractivity contribution is 6.03. The largest absolute Gasteiger partial charge is 0.436 e. The Labute approximate surface area is 164 Å². The molecule has 3 aromatic heterocycles. The van der Waals surface area contributed by atoms with E-state index >= 15 is 0 Å². The predicted molar refractivity (Wildman–Crippen MR) is 102 cm³/mol. The summed E-state index contributed by atoms with van der Waals surface area (Å²) in [6.45, 7) is 3.35. The van der Waals surface area contributed by atoms with E-state index in [1.165, 1.54) is 18.2 Å². The molecule has 8 nitrogen and oxygen atoms in total. The highest BCUT2D eigenvalue weighted by Gasteiger charge is 2.25. The highest BCUT2D eigenvalue weighted by Crippen LogP contribution is 2.39. The number of benzene rings is 1. The molecular weight excluding hydrogens is 375 g/mol. The molecule has 3 heterocycles. The molecule has 0 unspecified atom stereocenters. The molecule has 9 heteroatoms. The van der Waals surface area contributed by atoms with E-state index in [0.717, 1.165) is 18.4 Å². The lowest BCUT2D eigenvalue weighted by molar-refractivity contribution is 0.0994. The fourth-order valence-corrected chi connectivity index (χ4v) is 3.24. The molecule has 1 aromatic carbocycles. The molecule has 4 aromatic rings. The lowest BCUT2D eigenvalue weighted by Crippen LogP contribution is -2.12. The van der Waals surface area contributed by atoms with Crippen molar-refractivity contribution in [3.05, 3.63) is 59.3 Å². The number of aromatic nitrogens is 5. The summed E-state index contributed by atoms with van der Waals surface area (Å²) in [6, 6.07) is 4.22. The molecule has 146 valence electrons. The average molecular weight is 392 g/mol. The van der Waals surface area contributed by atoms with Crippen LogP contribution in [0.5, 0.6) is 0 Å². The fraction of sp³-hybridized carbons (Fsp3) is 0.250. The number of carbonyl (C=O) groups is 1. The molecule has 29 heavy (non-hydrogen) atoms. The SMILES string of the molecule is Cc1nc(C)c(C(=O)Nc2ccc(F)c(-c3nc4ncc(C5CC5)cn4n3)c2)o1. The molecule has 0 spiro atoms. The number of carbonyl (C=O) groups excluding carboxylic acids is 1. The number of hydrogen-bond donors (Lipinski definition) is 1. The normalized spacial score (nSPS) is 13.8. The zero-order valence-corrected chi connectivity index (χ0v) is 15.8. The van der Waals surface area contributed by atoms with Crippen LogP contribution in [0.15, 0.2) is 35.0 Å². The number of halogens is 1. The number of rotatable bonds is 4. The molecule has 1 saturated carbocycles. The number of fused-ring (bicyclic) bond motifs is 1. The first-order chi connectivity index (χ1) is 14.0. The van der Waals surface area contributed by atoms with Crippen molar-refractivity contribution < 1.29 is 13.6 Å². The summed E-state index contributed by atoms with van der Waals surface area (Å²) in [6.07, 6.45) is 5.97. The maximum Gasteiger partial charge on any atom is 0.293 e. The van der Waals surface area contributed by atoms with Gasteiger partial charge >= 0.3 is 0 Å². The van der Waals surface area contributed by atoms with Gasteiger partial charge in [0.25, 0.3) is 11.7 Å². The Morgan fingerprint density at radius 2 is 2.10 bits per heavy atom. The van der Waals surface area contributed by atoms with Crippen molar-refractivity contribution in [1.29, 1.82) is 0 Å². The van der Waals surface area contributed by atoms with Gasteiger partial charge in [0.15, 0.2) is 11.7 Å². The number of anilines is 1. The van der Waals surface area contributed by atoms with Crippen LogP contribution >= 0.6 is 0 Å². The third-order valence-electron chi connectivity index (χ3n) is 4.84. The van der Waals surface area contributed by atoms with Crippen LogP contribution in [0.4, 0.5) is 10.1 Å². The van der Waals surface area contributed by atoms with E-state index in [2.05, 4.69) is 25.4 Å². The van der Waals surface area contributed by atoms with Gasteiger partial charge in [0.1, 0.15) is 5.82 Å². The zero-order chi connectivity index (χ0) is 20.1. The lowest BCUT2D eigenvalue weighted by atomic mass is 10.1. The molecule has 1 amide bonds. The maximum atomic E-state index is 14.5. The first-order valence-electron chi connectivity index (χ1n) is 9.25. The van der Waals surface area contributed by atoms with Gasteiger partial charge in [0, 0.05) is 25.0 Å². The van der Waals surface area contributed by atoms with Gasteiger partial charge in [-0.25, -0.2) is 18.9 Å². The van der Waals surface area contributed by atoms with E-state index in [0.29, 0.717) is 29.0 Å². The summed E-state index contributed by atoms with van der Waals surface area (Å²) in [4.78, 5) is 25.2. The smallest absolute Gasteiger partial charge is 0.293 e. The molecule has 1 fully saturated rings. The minimum atomic E-state index is -0.493. The molecule has 1 N–H and O–H groups in total. The lowest BCUT2D eigenvalue weighted by Gasteiger charge is -2.06. The Bertz CT molecular complexity index is 1260. The molecule has 0 radical (unpaired) electrons. The van der Waals surface area contributed by atoms with Gasteiger partial charge in [-0.1, -0.05) is 0 Å². The summed E-state index contributed by atoms with van der Waals surface area (Å²) >= 11 is 0. The van der Waals surface area contributed by atoms with E-state index in [-0.39, 0.29) is 17.1 Å². The summed E-state index contributed by atoms with van der Waals surface area (Å²) in [5.41, 5.74) is 2.16. The Kier molecular flexibility index (Phi) is 3.90. The fourth-order valence-electron chi connectivity index (χ4n) is 3.24. The van der Waals surface area contributed by atoms with Gasteiger partial charge in [0.05, 0.1) is 11.3 Å². The highest BCUT2D eigenvalue weighted by atomic mass is 19.1. The van der Waals surface area contributed by atoms with Crippen molar-refractivity contribution in [1.82, 2.24) is 24.6 Å². The molecule has 0 bridgehead atoms. The van der Waals surface area contributed by atoms with Gasteiger partial charge in [-0.05, 0) is 49.4 Å². The number of hydrogen-bond acceptors (Lipinski definition) is 6. The van der Waals surface area contributed by atoms with Gasteiger partial charge in [-0.2, -0.15) is 4.98 Å². The van der Waals surface area contributed by atoms with Crippen LogP contribution in [-0.4, -0.2) is 30.5 Å². The summed E-state index contributed by atoms with van der Waals surface area (Å²) in [7, 11) is 0. The van der Waals surface area contributed by atoms with Crippen LogP contribution in [0, 0.1) is 19.7 Å². The number of oxazole rings is 1. The second-order valence-corrected chi connectivity index (χ2v) is 7.14. The Balaban J connectivity index is 1.47. The van der Waals surface area contributed by atoms with Gasteiger partial charge in [0.2, 0.25) is 5.76 Å². The monoisotopic (exact) mass is 392 g/mol. The molecule has 1 aliphatic rings. The number of nitrogens with zero attached hydrogens (tertiary/aromatic N) is 5. The minimum absolute atomic E-state index is 0.121. The third-order valence-corrected chi connectivity index (χ3v) is 4.84. The molecule has 0 saturated heterocycles. The number of nitrogens with one attached hydrogen (secondary N) is 1. The van der Waals surface area contributed by atoms with E-state index in [4.69, 9.17) is 4.42 Å². The van der Waals surface area contributed by atoms with Gasteiger partial charge in [-0.15, -0.1) is 5.10 Å². The molecule has 0 aliphatic heterocycles. The van der Waals surface area contributed by atoms with Crippen molar-refractivity contribution >= 4 is 17.4 Å². The Morgan fingerprint density at radius 1 is 1.28 bits per heavy atom. The van der Waals surface area contributed by atoms with Crippen LogP contribution in [-0.2, 0) is 0 Å². The van der Waals surface area contributed by atoms with Gasteiger partial charge in [-0.3, -0.25) is 4.79 Å². The van der Waals surface area contributed by atoms with E-state index in [9.17, 15) is 9.18 Å². The summed E-state index contributed by atoms with van der Waals surface area (Å²) < 4.78 is 21.4. The second kappa shape index (κ2) is 6.47. The number of aryl methyl sites for hydroxylation is 2. The summed E-state index contributed by atoms with van der Waals surface area (Å²) in [5, 5.41) is 7.07. The molecule has 0 atom stereocenters. The minimum Gasteiger partial charge on any atom is -0.436 e. The van der Waals surface area contributed by atoms with Crippen molar-refractivity contribution in [2.24, 2.45) is 0 Å². The third kappa shape index (κ3) is 3.24. The molecule has 1 aliphatic carbocycles. The Hall–Kier alpha value is -3.62. The van der Waals surface area contributed by atoms with Crippen LogP contribution in [0.1, 0.15) is 46.5 Å². The van der Waals surface area contributed by atoms with Crippen molar-refractivity contribution in [2.75, 3.05) is 5.32 Å². The second-order valence-electron chi connectivity index (χ2n) is 7.14. The van der Waals surface area contributed by atoms with E-state index < -0.39 is 11.7 Å². The van der Waals surface area contributed by atoms with Crippen LogP contribution in [0.2, 0.25) is 0 Å². The van der Waals surface area contributed by atoms with Gasteiger partial charge < -0.3 is 9.73 Å². The first-order valence-corrected chi connectivity index (χ1v) is 9.25. The van der Waals surface area contributed by atoms with Crippen LogP contribution in [0.25, 0.3) is 17.2 Å². The van der Waals surface area contributed by atoms with Crippen molar-refractivity contribution in [3.63, 3.8) is 0 Å². The molecular formula is C20H17FN6O2. The van der Waals surface area contributed by atoms with Crippen LogP contribution in [0.3, 0.4) is 0 Å². The Morgan fingerprint density at radius 3 is 2.83 bits per heavy atom. The first kappa shape index (κ1) is 17.5. The van der Waals surface area contributed by atoms with Crippen molar-refractivity contribution in [3.8, 4) is 11.4 Å². The quantitative estimate of drug-likeness (QED) is 0.569. The number of amides is 1. The zero-order valence-electron chi connectivity index (χ0n) is 15.8. The predicted octanol–water partition coefficient (Wildman–Crippen LogP) is 3.66. The molecule has 5 rings (SSSR count). The standard InChI is InChI=1S/C20H17FN6O2/c1-10-17(29-11(2)23-10)19(28)24-14-5-6-16(21)15(7-14)18-25-20-22-8-13(12-3-4-12)9-27(20)26-18/h5-9,12H,3-4H2,1-2H3,(H,24,28). The van der Waals surface area contributed by atoms with E-state index in [1.807, 2.05) is 6.20 Å². The topological polar surface area (TPSA) is 98.2 Å². The average Bonchev–Trinajstić information content (AvgIpc) is 3.37. The van der Waals surface area contributed by atoms with Crippen molar-refractivity contribution in [2.45, 2.75) is 32.6 Å².